The Morgan fingerprint density at radius 3 is 2.67 bits per heavy atom. The molecule has 4 aromatic rings. The molecule has 0 aliphatic rings. The Labute approximate surface area is 172 Å². The van der Waals surface area contributed by atoms with Gasteiger partial charge in [0.2, 0.25) is 0 Å². The van der Waals surface area contributed by atoms with Gasteiger partial charge in [-0.25, -0.2) is 9.07 Å². The largest absolute Gasteiger partial charge is 0.497 e. The fraction of sp³-hybridized carbons (Fsp3) is 0.130. The highest BCUT2D eigenvalue weighted by molar-refractivity contribution is 6.00. The molecule has 0 saturated heterocycles. The number of rotatable bonds is 6. The highest BCUT2D eigenvalue weighted by atomic mass is 19.1. The van der Waals surface area contributed by atoms with Crippen LogP contribution >= 0.6 is 0 Å². The molecule has 4 rings (SSSR count). The summed E-state index contributed by atoms with van der Waals surface area (Å²) < 4.78 is 25.6. The van der Waals surface area contributed by atoms with Crippen LogP contribution in [0.5, 0.6) is 5.75 Å². The van der Waals surface area contributed by atoms with Gasteiger partial charge in [-0.2, -0.15) is 5.10 Å². The first-order valence-electron chi connectivity index (χ1n) is 9.39. The summed E-state index contributed by atoms with van der Waals surface area (Å²) in [5, 5.41) is 7.54. The molecule has 0 aliphatic heterocycles. The number of ether oxygens (including phenoxy) is 1. The molecule has 0 unspecified atom stereocenters. The Morgan fingerprint density at radius 1 is 1.17 bits per heavy atom. The zero-order chi connectivity index (χ0) is 21.1. The van der Waals surface area contributed by atoms with Crippen LogP contribution in [0.1, 0.15) is 29.1 Å². The summed E-state index contributed by atoms with van der Waals surface area (Å²) in [6.45, 7) is 1.84. The number of halogens is 1. The lowest BCUT2D eigenvalue weighted by atomic mass is 10.1. The number of hydrogen-bond acceptors (Lipinski definition) is 4. The molecule has 0 bridgehead atoms. The van der Waals surface area contributed by atoms with Crippen molar-refractivity contribution in [3.8, 4) is 22.7 Å². The Balaban J connectivity index is 1.74. The van der Waals surface area contributed by atoms with Gasteiger partial charge in [0.1, 0.15) is 23.0 Å². The summed E-state index contributed by atoms with van der Waals surface area (Å²) in [5.41, 5.74) is 2.23. The van der Waals surface area contributed by atoms with Gasteiger partial charge in [-0.15, -0.1) is 0 Å². The molecule has 2 aromatic carbocycles. The van der Waals surface area contributed by atoms with Crippen molar-refractivity contribution in [2.24, 2.45) is 0 Å². The highest BCUT2D eigenvalue weighted by Crippen LogP contribution is 2.27. The molecule has 1 amide bonds. The van der Waals surface area contributed by atoms with E-state index in [0.717, 1.165) is 5.56 Å². The van der Waals surface area contributed by atoms with Crippen molar-refractivity contribution in [1.82, 2.24) is 15.1 Å². The fourth-order valence-electron chi connectivity index (χ4n) is 3.13. The minimum Gasteiger partial charge on any atom is -0.497 e. The minimum atomic E-state index is -0.343. The number of nitrogens with zero attached hydrogens (tertiary/aromatic N) is 2. The second kappa shape index (κ2) is 8.24. The molecule has 6 nitrogen and oxygen atoms in total. The van der Waals surface area contributed by atoms with Gasteiger partial charge in [0.25, 0.3) is 5.91 Å². The van der Waals surface area contributed by atoms with Gasteiger partial charge < -0.3 is 14.5 Å². The molecule has 0 saturated carbocycles. The second-order valence-corrected chi connectivity index (χ2v) is 6.75. The molecule has 2 heterocycles. The molecule has 0 spiro atoms. The SMILES string of the molecule is COc1cccc(-c2nn(-c3ccc(F)cc3)cc2C(=O)N[C@H](C)c2ccco2)c1. The van der Waals surface area contributed by atoms with Crippen molar-refractivity contribution in [3.63, 3.8) is 0 Å². The summed E-state index contributed by atoms with van der Waals surface area (Å²) >= 11 is 0. The Kier molecular flexibility index (Phi) is 5.34. The molecule has 1 N–H and O–H groups in total. The second-order valence-electron chi connectivity index (χ2n) is 6.75. The van der Waals surface area contributed by atoms with E-state index in [-0.39, 0.29) is 17.8 Å². The lowest BCUT2D eigenvalue weighted by Gasteiger charge is -2.11. The van der Waals surface area contributed by atoms with Crippen molar-refractivity contribution < 1.29 is 18.3 Å². The van der Waals surface area contributed by atoms with Crippen LogP contribution in [-0.2, 0) is 0 Å². The predicted octanol–water partition coefficient (Wildman–Crippen LogP) is 4.77. The van der Waals surface area contributed by atoms with Gasteiger partial charge >= 0.3 is 0 Å². The van der Waals surface area contributed by atoms with Crippen molar-refractivity contribution >= 4 is 5.91 Å². The first kappa shape index (κ1) is 19.4. The van der Waals surface area contributed by atoms with E-state index >= 15 is 0 Å². The Morgan fingerprint density at radius 2 is 1.97 bits per heavy atom. The van der Waals surface area contributed by atoms with Gasteiger partial charge in [-0.3, -0.25) is 4.79 Å². The van der Waals surface area contributed by atoms with Crippen molar-refractivity contribution in [2.75, 3.05) is 7.11 Å². The van der Waals surface area contributed by atoms with Crippen molar-refractivity contribution in [1.29, 1.82) is 0 Å². The molecular formula is C23H20FN3O3. The highest BCUT2D eigenvalue weighted by Gasteiger charge is 2.21. The van der Waals surface area contributed by atoms with Crippen LogP contribution in [0, 0.1) is 5.82 Å². The van der Waals surface area contributed by atoms with Gasteiger partial charge in [0, 0.05) is 11.8 Å². The van der Waals surface area contributed by atoms with E-state index in [1.807, 2.05) is 31.2 Å². The third kappa shape index (κ3) is 3.96. The normalized spacial score (nSPS) is 11.8. The Bertz CT molecular complexity index is 1150. The summed E-state index contributed by atoms with van der Waals surface area (Å²) in [6, 6.07) is 16.5. The summed E-state index contributed by atoms with van der Waals surface area (Å²) in [5.74, 6) is 0.658. The lowest BCUT2D eigenvalue weighted by Crippen LogP contribution is -2.26. The minimum absolute atomic E-state index is 0.301. The van der Waals surface area contributed by atoms with Crippen LogP contribution in [0.15, 0.2) is 77.5 Å². The number of methoxy groups -OCH3 is 1. The van der Waals surface area contributed by atoms with E-state index in [4.69, 9.17) is 9.15 Å². The molecule has 30 heavy (non-hydrogen) atoms. The smallest absolute Gasteiger partial charge is 0.255 e. The number of carbonyl (C=O) groups excluding carboxylic acids is 1. The number of furan rings is 1. The third-order valence-electron chi connectivity index (χ3n) is 4.71. The molecule has 1 atom stereocenters. The number of aromatic nitrogens is 2. The number of nitrogens with one attached hydrogen (secondary N) is 1. The van der Waals surface area contributed by atoms with E-state index in [0.29, 0.717) is 28.5 Å². The maximum Gasteiger partial charge on any atom is 0.255 e. The molecule has 0 radical (unpaired) electrons. The predicted molar refractivity (Wildman–Crippen MR) is 110 cm³/mol. The van der Waals surface area contributed by atoms with Crippen molar-refractivity contribution in [2.45, 2.75) is 13.0 Å². The monoisotopic (exact) mass is 405 g/mol. The van der Waals surface area contributed by atoms with Gasteiger partial charge in [-0.05, 0) is 55.5 Å². The molecule has 2 aromatic heterocycles. The molecule has 7 heteroatoms. The third-order valence-corrected chi connectivity index (χ3v) is 4.71. The summed E-state index contributed by atoms with van der Waals surface area (Å²) in [7, 11) is 1.58. The van der Waals surface area contributed by atoms with E-state index in [9.17, 15) is 9.18 Å². The van der Waals surface area contributed by atoms with Crippen LogP contribution in [-0.4, -0.2) is 22.8 Å². The fourth-order valence-corrected chi connectivity index (χ4v) is 3.13. The molecule has 0 aliphatic carbocycles. The zero-order valence-electron chi connectivity index (χ0n) is 16.5. The molecule has 152 valence electrons. The lowest BCUT2D eigenvalue weighted by molar-refractivity contribution is 0.0936. The first-order valence-corrected chi connectivity index (χ1v) is 9.39. The molecule has 0 fully saturated rings. The number of carbonyl (C=O) groups is 1. The standard InChI is InChI=1S/C23H20FN3O3/c1-15(21-7-4-12-30-21)25-23(28)20-14-27(18-10-8-17(24)9-11-18)26-22(20)16-5-3-6-19(13-16)29-2/h3-15H,1-2H3,(H,25,28)/t15-/m1/s1. The molecular weight excluding hydrogens is 385 g/mol. The average Bonchev–Trinajstić information content (AvgIpc) is 3.45. The van der Waals surface area contributed by atoms with Gasteiger partial charge in [0.15, 0.2) is 0 Å². The maximum absolute atomic E-state index is 13.3. The van der Waals surface area contributed by atoms with Crippen LogP contribution in [0.25, 0.3) is 16.9 Å². The van der Waals surface area contributed by atoms with E-state index in [1.54, 1.807) is 48.5 Å². The van der Waals surface area contributed by atoms with Crippen LogP contribution < -0.4 is 10.1 Å². The van der Waals surface area contributed by atoms with E-state index in [1.165, 1.54) is 12.1 Å². The first-order chi connectivity index (χ1) is 14.5. The van der Waals surface area contributed by atoms with E-state index in [2.05, 4.69) is 10.4 Å². The van der Waals surface area contributed by atoms with Crippen LogP contribution in [0.3, 0.4) is 0 Å². The zero-order valence-corrected chi connectivity index (χ0v) is 16.5. The topological polar surface area (TPSA) is 69.3 Å². The Hall–Kier alpha value is -3.87. The van der Waals surface area contributed by atoms with Crippen LogP contribution in [0.4, 0.5) is 4.39 Å². The number of benzene rings is 2. The number of amides is 1. The summed E-state index contributed by atoms with van der Waals surface area (Å²) in [6.07, 6.45) is 3.19. The number of hydrogen-bond donors (Lipinski definition) is 1. The van der Waals surface area contributed by atoms with Crippen molar-refractivity contribution in [3.05, 3.63) is 90.3 Å². The van der Waals surface area contributed by atoms with Crippen LogP contribution in [0.2, 0.25) is 0 Å². The van der Waals surface area contributed by atoms with Gasteiger partial charge in [0.05, 0.1) is 30.7 Å². The average molecular weight is 405 g/mol. The quantitative estimate of drug-likeness (QED) is 0.502. The van der Waals surface area contributed by atoms with Gasteiger partial charge in [-0.1, -0.05) is 12.1 Å². The summed E-state index contributed by atoms with van der Waals surface area (Å²) in [4.78, 5) is 13.1. The maximum atomic E-state index is 13.3. The van der Waals surface area contributed by atoms with E-state index < -0.39 is 0 Å².